The number of hydrogen-bond donors (Lipinski definition) is 2. The molecule has 0 spiro atoms. The highest BCUT2D eigenvalue weighted by Crippen LogP contribution is 2.22. The van der Waals surface area contributed by atoms with E-state index in [0.717, 1.165) is 23.9 Å². The molecule has 3 nitrogen and oxygen atoms in total. The van der Waals surface area contributed by atoms with Crippen LogP contribution in [-0.4, -0.2) is 6.03 Å². The maximum absolute atomic E-state index is 11.9. The molecule has 21 heavy (non-hydrogen) atoms. The molecule has 0 heterocycles. The Hall–Kier alpha value is -2.29. The van der Waals surface area contributed by atoms with Gasteiger partial charge in [-0.1, -0.05) is 42.3 Å². The molecular weight excluding hydrogens is 260 g/mol. The lowest BCUT2D eigenvalue weighted by Crippen LogP contribution is -2.24. The first-order valence-corrected chi connectivity index (χ1v) is 7.55. The van der Waals surface area contributed by atoms with Gasteiger partial charge in [-0.25, -0.2) is 4.79 Å². The van der Waals surface area contributed by atoms with Crippen molar-refractivity contribution in [2.45, 2.75) is 32.1 Å². The van der Waals surface area contributed by atoms with Crippen molar-refractivity contribution >= 4 is 22.5 Å². The maximum Gasteiger partial charge on any atom is 0.323 e. The van der Waals surface area contributed by atoms with Gasteiger partial charge in [0.15, 0.2) is 0 Å². The van der Waals surface area contributed by atoms with Gasteiger partial charge in [-0.15, -0.1) is 0 Å². The Morgan fingerprint density at radius 3 is 2.52 bits per heavy atom. The molecule has 0 aliphatic heterocycles. The van der Waals surface area contributed by atoms with Crippen molar-refractivity contribution in [1.82, 2.24) is 5.32 Å². The molecule has 1 aliphatic carbocycles. The predicted octanol–water partition coefficient (Wildman–Crippen LogP) is 4.81. The van der Waals surface area contributed by atoms with Gasteiger partial charge in [0.25, 0.3) is 0 Å². The standard InChI is InChI=1S/C18H20N2O/c21-18(19-13-14-6-2-1-3-7-14)20-17-11-10-15-8-4-5-9-16(15)12-17/h4-5,8-13H,1-3,6-7H2,(H2,19,20,21). The highest BCUT2D eigenvalue weighted by Gasteiger charge is 2.06. The summed E-state index contributed by atoms with van der Waals surface area (Å²) < 4.78 is 0. The van der Waals surface area contributed by atoms with E-state index in [1.54, 1.807) is 0 Å². The highest BCUT2D eigenvalue weighted by molar-refractivity contribution is 5.93. The van der Waals surface area contributed by atoms with Crippen LogP contribution in [0.5, 0.6) is 0 Å². The summed E-state index contributed by atoms with van der Waals surface area (Å²) in [6.07, 6.45) is 7.86. The molecule has 2 aromatic rings. The molecule has 0 unspecified atom stereocenters. The fourth-order valence-corrected chi connectivity index (χ4v) is 2.75. The quantitative estimate of drug-likeness (QED) is 0.814. The van der Waals surface area contributed by atoms with Crippen LogP contribution in [0.1, 0.15) is 32.1 Å². The van der Waals surface area contributed by atoms with Crippen molar-refractivity contribution < 1.29 is 4.79 Å². The Labute approximate surface area is 125 Å². The summed E-state index contributed by atoms with van der Waals surface area (Å²) in [6, 6.07) is 13.9. The number of nitrogens with one attached hydrogen (secondary N) is 2. The third kappa shape index (κ3) is 3.63. The summed E-state index contributed by atoms with van der Waals surface area (Å²) in [5.74, 6) is 0. The molecule has 0 bridgehead atoms. The van der Waals surface area contributed by atoms with Crippen LogP contribution >= 0.6 is 0 Å². The fourth-order valence-electron chi connectivity index (χ4n) is 2.75. The molecular formula is C18H20N2O. The molecule has 0 saturated heterocycles. The minimum Gasteiger partial charge on any atom is -0.314 e. The fraction of sp³-hybridized carbons (Fsp3) is 0.278. The van der Waals surface area contributed by atoms with Crippen LogP contribution in [0.15, 0.2) is 54.2 Å². The zero-order chi connectivity index (χ0) is 14.5. The number of hydrogen-bond acceptors (Lipinski definition) is 1. The average Bonchev–Trinajstić information content (AvgIpc) is 2.54. The Balaban J connectivity index is 1.63. The number of fused-ring (bicyclic) bond motifs is 1. The average molecular weight is 280 g/mol. The second-order valence-corrected chi connectivity index (χ2v) is 5.52. The van der Waals surface area contributed by atoms with Gasteiger partial charge in [-0.05, 0) is 48.6 Å². The Morgan fingerprint density at radius 1 is 0.952 bits per heavy atom. The number of carbonyl (C=O) groups excluding carboxylic acids is 1. The van der Waals surface area contributed by atoms with Gasteiger partial charge >= 0.3 is 6.03 Å². The predicted molar refractivity (Wildman–Crippen MR) is 87.3 cm³/mol. The van der Waals surface area contributed by atoms with Crippen molar-refractivity contribution in [3.63, 3.8) is 0 Å². The van der Waals surface area contributed by atoms with E-state index < -0.39 is 0 Å². The lowest BCUT2D eigenvalue weighted by atomic mass is 9.96. The van der Waals surface area contributed by atoms with Gasteiger partial charge < -0.3 is 10.6 Å². The summed E-state index contributed by atoms with van der Waals surface area (Å²) in [7, 11) is 0. The zero-order valence-corrected chi connectivity index (χ0v) is 12.1. The first kappa shape index (κ1) is 13.7. The second kappa shape index (κ2) is 6.44. The van der Waals surface area contributed by atoms with Crippen molar-refractivity contribution in [3.05, 3.63) is 54.2 Å². The van der Waals surface area contributed by atoms with Gasteiger partial charge in [0, 0.05) is 11.9 Å². The van der Waals surface area contributed by atoms with Gasteiger partial charge in [-0.3, -0.25) is 0 Å². The third-order valence-corrected chi connectivity index (χ3v) is 3.91. The molecule has 0 atom stereocenters. The molecule has 3 heteroatoms. The van der Waals surface area contributed by atoms with Gasteiger partial charge in [-0.2, -0.15) is 0 Å². The van der Waals surface area contributed by atoms with E-state index in [2.05, 4.69) is 16.7 Å². The summed E-state index contributed by atoms with van der Waals surface area (Å²) in [4.78, 5) is 11.9. The Bertz CT molecular complexity index is 668. The molecule has 1 saturated carbocycles. The van der Waals surface area contributed by atoms with Gasteiger partial charge in [0.2, 0.25) is 0 Å². The molecule has 3 rings (SSSR count). The molecule has 108 valence electrons. The number of urea groups is 1. The van der Waals surface area contributed by atoms with E-state index in [0.29, 0.717) is 0 Å². The number of rotatable bonds is 2. The van der Waals surface area contributed by atoms with Crippen LogP contribution in [0.4, 0.5) is 10.5 Å². The van der Waals surface area contributed by atoms with Crippen LogP contribution in [0.3, 0.4) is 0 Å². The summed E-state index contributed by atoms with van der Waals surface area (Å²) >= 11 is 0. The minimum atomic E-state index is -0.177. The number of benzene rings is 2. The normalized spacial score (nSPS) is 14.8. The molecule has 1 aliphatic rings. The van der Waals surface area contributed by atoms with E-state index in [9.17, 15) is 4.79 Å². The molecule has 0 radical (unpaired) electrons. The first-order valence-electron chi connectivity index (χ1n) is 7.55. The molecule has 0 aromatic heterocycles. The molecule has 1 fully saturated rings. The van der Waals surface area contributed by atoms with E-state index in [4.69, 9.17) is 0 Å². The highest BCUT2D eigenvalue weighted by atomic mass is 16.2. The SMILES string of the molecule is O=C(NC=C1CCCCC1)Nc1ccc2ccccc2c1. The van der Waals surface area contributed by atoms with Gasteiger partial charge in [0.05, 0.1) is 0 Å². The lowest BCUT2D eigenvalue weighted by Gasteiger charge is -2.13. The first-order chi connectivity index (χ1) is 10.3. The number of anilines is 1. The topological polar surface area (TPSA) is 41.1 Å². The number of amides is 2. The Morgan fingerprint density at radius 2 is 1.71 bits per heavy atom. The maximum atomic E-state index is 11.9. The van der Waals surface area contributed by atoms with Crippen LogP contribution in [-0.2, 0) is 0 Å². The molecule has 2 aromatic carbocycles. The van der Waals surface area contributed by atoms with Crippen molar-refractivity contribution in [3.8, 4) is 0 Å². The van der Waals surface area contributed by atoms with Crippen LogP contribution in [0, 0.1) is 0 Å². The van der Waals surface area contributed by atoms with E-state index >= 15 is 0 Å². The largest absolute Gasteiger partial charge is 0.323 e. The summed E-state index contributed by atoms with van der Waals surface area (Å²) in [5, 5.41) is 8.02. The van der Waals surface area contributed by atoms with Crippen LogP contribution in [0.25, 0.3) is 10.8 Å². The minimum absolute atomic E-state index is 0.177. The van der Waals surface area contributed by atoms with Crippen LogP contribution < -0.4 is 10.6 Å². The van der Waals surface area contributed by atoms with E-state index in [1.165, 1.54) is 30.2 Å². The Kier molecular flexibility index (Phi) is 4.20. The van der Waals surface area contributed by atoms with Gasteiger partial charge in [0.1, 0.15) is 0 Å². The zero-order valence-electron chi connectivity index (χ0n) is 12.1. The second-order valence-electron chi connectivity index (χ2n) is 5.52. The van der Waals surface area contributed by atoms with E-state index in [1.807, 2.05) is 42.6 Å². The van der Waals surface area contributed by atoms with Crippen molar-refractivity contribution in [2.24, 2.45) is 0 Å². The third-order valence-electron chi connectivity index (χ3n) is 3.91. The monoisotopic (exact) mass is 280 g/mol. The number of allylic oxidation sites excluding steroid dienone is 1. The molecule has 2 amide bonds. The van der Waals surface area contributed by atoms with Crippen molar-refractivity contribution in [1.29, 1.82) is 0 Å². The summed E-state index contributed by atoms with van der Waals surface area (Å²) in [6.45, 7) is 0. The van der Waals surface area contributed by atoms with E-state index in [-0.39, 0.29) is 6.03 Å². The summed E-state index contributed by atoms with van der Waals surface area (Å²) in [5.41, 5.74) is 2.16. The van der Waals surface area contributed by atoms with Crippen LogP contribution in [0.2, 0.25) is 0 Å². The molecule has 2 N–H and O–H groups in total. The van der Waals surface area contributed by atoms with Crippen molar-refractivity contribution in [2.75, 3.05) is 5.32 Å². The smallest absolute Gasteiger partial charge is 0.314 e. The lowest BCUT2D eigenvalue weighted by molar-refractivity contribution is 0.255. The number of carbonyl (C=O) groups is 1.